The Morgan fingerprint density at radius 1 is 1.00 bits per heavy atom. The smallest absolute Gasteiger partial charge is 0.321 e. The number of hydrogen-bond donors (Lipinski definition) is 3. The Hall–Kier alpha value is -4.20. The predicted octanol–water partition coefficient (Wildman–Crippen LogP) is 4.73. The molecule has 2 aromatic heterocycles. The standard InChI is InChI=1S/C27H30N6O2/c1-5-20-16-23(34)30-25(28-20)33-22(17-21(32-33)27(2,3)4)29-26(35)31-24(18-12-8-6-9-13-18)19-14-10-7-11-15-19/h6-17,24H,5H2,1-4H3,(H,28,30,34)(H2,29,31,35). The summed E-state index contributed by atoms with van der Waals surface area (Å²) in [6.07, 6.45) is 0.601. The minimum atomic E-state index is -0.404. The first kappa shape index (κ1) is 23.9. The number of aromatic nitrogens is 4. The topological polar surface area (TPSA) is 105 Å². The van der Waals surface area contributed by atoms with Crippen LogP contribution in [0.5, 0.6) is 0 Å². The number of amides is 2. The lowest BCUT2D eigenvalue weighted by Gasteiger charge is -2.20. The second-order valence-electron chi connectivity index (χ2n) is 9.34. The molecule has 0 spiro atoms. The quantitative estimate of drug-likeness (QED) is 0.379. The number of H-pyrrole nitrogens is 1. The Kier molecular flexibility index (Phi) is 6.82. The molecule has 0 unspecified atom stereocenters. The Morgan fingerprint density at radius 2 is 1.60 bits per heavy atom. The molecule has 0 aliphatic carbocycles. The van der Waals surface area contributed by atoms with Gasteiger partial charge >= 0.3 is 6.03 Å². The summed E-state index contributed by atoms with van der Waals surface area (Å²) in [5, 5.41) is 10.7. The molecule has 0 aliphatic rings. The monoisotopic (exact) mass is 470 g/mol. The van der Waals surface area contributed by atoms with Gasteiger partial charge in [-0.1, -0.05) is 88.4 Å². The summed E-state index contributed by atoms with van der Waals surface area (Å²) in [5.41, 5.74) is 2.75. The van der Waals surface area contributed by atoms with Gasteiger partial charge in [0.25, 0.3) is 5.56 Å². The van der Waals surface area contributed by atoms with Gasteiger partial charge in [-0.3, -0.25) is 15.1 Å². The number of aryl methyl sites for hydroxylation is 1. The van der Waals surface area contributed by atoms with E-state index in [0.717, 1.165) is 16.8 Å². The Bertz CT molecular complexity index is 1310. The number of urea groups is 1. The molecule has 3 N–H and O–H groups in total. The summed E-state index contributed by atoms with van der Waals surface area (Å²) >= 11 is 0. The molecule has 0 aliphatic heterocycles. The van der Waals surface area contributed by atoms with E-state index >= 15 is 0 Å². The lowest BCUT2D eigenvalue weighted by Crippen LogP contribution is -2.34. The van der Waals surface area contributed by atoms with Crippen molar-refractivity contribution in [1.82, 2.24) is 25.1 Å². The summed E-state index contributed by atoms with van der Waals surface area (Å²) < 4.78 is 1.47. The minimum absolute atomic E-state index is 0.253. The van der Waals surface area contributed by atoms with Crippen molar-refractivity contribution in [3.63, 3.8) is 0 Å². The molecule has 0 bridgehead atoms. The highest BCUT2D eigenvalue weighted by atomic mass is 16.2. The second kappa shape index (κ2) is 9.97. The van der Waals surface area contributed by atoms with Crippen molar-refractivity contribution < 1.29 is 4.79 Å². The molecule has 4 aromatic rings. The molecule has 35 heavy (non-hydrogen) atoms. The van der Waals surface area contributed by atoms with Crippen molar-refractivity contribution in [3.8, 4) is 5.95 Å². The van der Waals surface area contributed by atoms with Gasteiger partial charge in [-0.25, -0.2) is 9.78 Å². The zero-order valence-corrected chi connectivity index (χ0v) is 20.4. The molecule has 0 atom stereocenters. The van der Waals surface area contributed by atoms with Gasteiger partial charge in [0.1, 0.15) is 5.82 Å². The van der Waals surface area contributed by atoms with E-state index in [4.69, 9.17) is 0 Å². The van der Waals surface area contributed by atoms with Gasteiger partial charge in [0, 0.05) is 23.2 Å². The molecule has 2 heterocycles. The number of aromatic amines is 1. The minimum Gasteiger partial charge on any atom is -0.327 e. The fourth-order valence-electron chi connectivity index (χ4n) is 3.71. The Labute approximate surface area is 204 Å². The first-order valence-electron chi connectivity index (χ1n) is 11.6. The average molecular weight is 471 g/mol. The maximum Gasteiger partial charge on any atom is 0.321 e. The van der Waals surface area contributed by atoms with Crippen LogP contribution in [0.3, 0.4) is 0 Å². The van der Waals surface area contributed by atoms with Crippen LogP contribution >= 0.6 is 0 Å². The van der Waals surface area contributed by atoms with Crippen LogP contribution < -0.4 is 16.2 Å². The van der Waals surface area contributed by atoms with E-state index in [1.54, 1.807) is 6.07 Å². The first-order valence-corrected chi connectivity index (χ1v) is 11.6. The zero-order chi connectivity index (χ0) is 25.0. The van der Waals surface area contributed by atoms with Crippen LogP contribution in [0.15, 0.2) is 77.6 Å². The second-order valence-corrected chi connectivity index (χ2v) is 9.34. The fraction of sp³-hybridized carbons (Fsp3) is 0.259. The Balaban J connectivity index is 1.68. The largest absolute Gasteiger partial charge is 0.327 e. The molecule has 4 rings (SSSR count). The SMILES string of the molecule is CCc1cc(=O)[nH]c(-n2nc(C(C)(C)C)cc2NC(=O)NC(c2ccccc2)c2ccccc2)n1. The zero-order valence-electron chi connectivity index (χ0n) is 20.4. The lowest BCUT2D eigenvalue weighted by molar-refractivity contribution is 0.250. The maximum absolute atomic E-state index is 13.2. The first-order chi connectivity index (χ1) is 16.7. The Morgan fingerprint density at radius 3 is 2.14 bits per heavy atom. The van der Waals surface area contributed by atoms with E-state index in [9.17, 15) is 9.59 Å². The normalized spacial score (nSPS) is 11.5. The number of benzene rings is 2. The highest BCUT2D eigenvalue weighted by Gasteiger charge is 2.24. The maximum atomic E-state index is 13.2. The molecule has 0 fully saturated rings. The molecule has 2 aromatic carbocycles. The summed E-state index contributed by atoms with van der Waals surface area (Å²) in [6.45, 7) is 8.02. The van der Waals surface area contributed by atoms with Crippen molar-refractivity contribution in [2.75, 3.05) is 5.32 Å². The summed E-state index contributed by atoms with van der Waals surface area (Å²) in [4.78, 5) is 32.7. The van der Waals surface area contributed by atoms with Crippen LogP contribution in [0.1, 0.15) is 56.3 Å². The molecule has 0 radical (unpaired) electrons. The van der Waals surface area contributed by atoms with Gasteiger partial charge in [-0.15, -0.1) is 0 Å². The van der Waals surface area contributed by atoms with Gasteiger partial charge in [-0.2, -0.15) is 9.78 Å². The van der Waals surface area contributed by atoms with Crippen molar-refractivity contribution in [3.05, 3.63) is 106 Å². The molecular weight excluding hydrogens is 440 g/mol. The van der Waals surface area contributed by atoms with Crippen LogP contribution in [0.25, 0.3) is 5.95 Å². The van der Waals surface area contributed by atoms with E-state index in [2.05, 4.69) is 25.7 Å². The lowest BCUT2D eigenvalue weighted by atomic mass is 9.92. The van der Waals surface area contributed by atoms with Crippen molar-refractivity contribution >= 4 is 11.8 Å². The van der Waals surface area contributed by atoms with Crippen LogP contribution in [-0.2, 0) is 11.8 Å². The average Bonchev–Trinajstić information content (AvgIpc) is 3.27. The number of carbonyl (C=O) groups is 1. The number of carbonyl (C=O) groups excluding carboxylic acids is 1. The summed E-state index contributed by atoms with van der Waals surface area (Å²) in [6, 6.07) is 22.1. The number of nitrogens with one attached hydrogen (secondary N) is 3. The van der Waals surface area contributed by atoms with Crippen LogP contribution in [-0.4, -0.2) is 25.8 Å². The van der Waals surface area contributed by atoms with E-state index in [-0.39, 0.29) is 23.0 Å². The number of hydrogen-bond acceptors (Lipinski definition) is 4. The number of anilines is 1. The molecule has 8 nitrogen and oxygen atoms in total. The molecule has 0 saturated heterocycles. The van der Waals surface area contributed by atoms with Gasteiger partial charge in [0.15, 0.2) is 0 Å². The van der Waals surface area contributed by atoms with E-state index in [1.807, 2.05) is 88.4 Å². The van der Waals surface area contributed by atoms with Crippen molar-refractivity contribution in [1.29, 1.82) is 0 Å². The highest BCUT2D eigenvalue weighted by molar-refractivity contribution is 5.89. The fourth-order valence-corrected chi connectivity index (χ4v) is 3.71. The van der Waals surface area contributed by atoms with E-state index < -0.39 is 6.03 Å². The highest BCUT2D eigenvalue weighted by Crippen LogP contribution is 2.26. The summed E-state index contributed by atoms with van der Waals surface area (Å²) in [5.74, 6) is 0.659. The molecule has 8 heteroatoms. The molecule has 0 saturated carbocycles. The predicted molar refractivity (Wildman–Crippen MR) is 137 cm³/mol. The van der Waals surface area contributed by atoms with Crippen LogP contribution in [0.2, 0.25) is 0 Å². The van der Waals surface area contributed by atoms with Gasteiger partial charge < -0.3 is 5.32 Å². The van der Waals surface area contributed by atoms with E-state index in [0.29, 0.717) is 17.9 Å². The number of nitrogens with zero attached hydrogens (tertiary/aromatic N) is 3. The van der Waals surface area contributed by atoms with E-state index in [1.165, 1.54) is 10.7 Å². The summed E-state index contributed by atoms with van der Waals surface area (Å²) in [7, 11) is 0. The number of rotatable bonds is 6. The van der Waals surface area contributed by atoms with Crippen LogP contribution in [0, 0.1) is 0 Å². The third-order valence-corrected chi connectivity index (χ3v) is 5.61. The third kappa shape index (κ3) is 5.66. The van der Waals surface area contributed by atoms with Crippen molar-refractivity contribution in [2.45, 2.75) is 45.6 Å². The van der Waals surface area contributed by atoms with Crippen molar-refractivity contribution in [2.24, 2.45) is 0 Å². The third-order valence-electron chi connectivity index (χ3n) is 5.61. The molecule has 180 valence electrons. The van der Waals surface area contributed by atoms with Gasteiger partial charge in [-0.05, 0) is 17.5 Å². The van der Waals surface area contributed by atoms with Gasteiger partial charge in [0.05, 0.1) is 11.7 Å². The van der Waals surface area contributed by atoms with Crippen LogP contribution in [0.4, 0.5) is 10.6 Å². The molecular formula is C27H30N6O2. The molecule has 2 amide bonds. The van der Waals surface area contributed by atoms with Gasteiger partial charge in [0.2, 0.25) is 5.95 Å².